The van der Waals surface area contributed by atoms with Crippen molar-refractivity contribution in [3.8, 4) is 0 Å². The summed E-state index contributed by atoms with van der Waals surface area (Å²) in [6.45, 7) is 9.80. The number of nitrogens with one attached hydrogen (secondary N) is 2. The third kappa shape index (κ3) is 5.55. The molecule has 1 aromatic rings. The van der Waals surface area contributed by atoms with E-state index < -0.39 is 0 Å². The van der Waals surface area contributed by atoms with Gasteiger partial charge in [-0.1, -0.05) is 24.8 Å². The van der Waals surface area contributed by atoms with Crippen LogP contribution in [0.15, 0.2) is 48.8 Å². The van der Waals surface area contributed by atoms with Crippen molar-refractivity contribution < 1.29 is 4.79 Å². The molecule has 5 heteroatoms. The topological polar surface area (TPSA) is 57.3 Å². The van der Waals surface area contributed by atoms with Crippen LogP contribution in [0.1, 0.15) is 44.6 Å². The van der Waals surface area contributed by atoms with Gasteiger partial charge in [-0.3, -0.25) is 9.78 Å². The summed E-state index contributed by atoms with van der Waals surface area (Å²) in [5.41, 5.74) is 4.36. The maximum Gasteiger partial charge on any atom is 0.222 e. The highest BCUT2D eigenvalue weighted by Crippen LogP contribution is 2.22. The lowest BCUT2D eigenvalue weighted by atomic mass is 10.0. The molecule has 0 radical (unpaired) electrons. The Morgan fingerprint density at radius 3 is 2.96 bits per heavy atom. The van der Waals surface area contributed by atoms with Crippen LogP contribution in [0.25, 0.3) is 5.57 Å². The van der Waals surface area contributed by atoms with Crippen LogP contribution in [-0.2, 0) is 4.79 Å². The van der Waals surface area contributed by atoms with E-state index in [4.69, 9.17) is 0 Å². The quantitative estimate of drug-likeness (QED) is 0.607. The molecule has 2 aliphatic heterocycles. The highest BCUT2D eigenvalue weighted by molar-refractivity contribution is 5.78. The Kier molecular flexibility index (Phi) is 7.43. The van der Waals surface area contributed by atoms with Gasteiger partial charge >= 0.3 is 0 Å². The number of hydrogen-bond donors (Lipinski definition) is 2. The molecule has 150 valence electrons. The van der Waals surface area contributed by atoms with Crippen LogP contribution in [0.2, 0.25) is 0 Å². The van der Waals surface area contributed by atoms with Crippen LogP contribution in [-0.4, -0.2) is 48.0 Å². The van der Waals surface area contributed by atoms with Crippen molar-refractivity contribution in [3.05, 3.63) is 54.4 Å². The minimum Gasteiger partial charge on any atom is -0.384 e. The molecule has 0 saturated carbocycles. The largest absolute Gasteiger partial charge is 0.384 e. The Hall–Kier alpha value is -2.40. The molecule has 0 spiro atoms. The molecule has 1 aromatic heterocycles. The standard InChI is InChI=1S/C23H32N4O/c1-3-18(9-13-27-12-5-6-23(27)28)14-19(4-2)20-15-22(17-24-16-20)26-11-8-21-7-10-25-21/h3-4,14-17,21,25-26H,2,5-13H2,1H3/b18-3-,19-14+. The average molecular weight is 381 g/mol. The third-order valence-corrected chi connectivity index (χ3v) is 5.59. The van der Waals surface area contributed by atoms with Crippen LogP contribution < -0.4 is 10.6 Å². The number of hydrogen-bond acceptors (Lipinski definition) is 4. The van der Waals surface area contributed by atoms with Crippen LogP contribution >= 0.6 is 0 Å². The van der Waals surface area contributed by atoms with Gasteiger partial charge in [0.15, 0.2) is 0 Å². The van der Waals surface area contributed by atoms with Crippen molar-refractivity contribution in [3.63, 3.8) is 0 Å². The van der Waals surface area contributed by atoms with E-state index >= 15 is 0 Å². The fourth-order valence-corrected chi connectivity index (χ4v) is 3.64. The van der Waals surface area contributed by atoms with Gasteiger partial charge < -0.3 is 15.5 Å². The predicted octanol–water partition coefficient (Wildman–Crippen LogP) is 3.77. The van der Waals surface area contributed by atoms with Gasteiger partial charge in [-0.05, 0) is 56.4 Å². The molecule has 1 unspecified atom stereocenters. The van der Waals surface area contributed by atoms with E-state index in [2.05, 4.69) is 40.4 Å². The summed E-state index contributed by atoms with van der Waals surface area (Å²) in [4.78, 5) is 18.2. The molecular formula is C23H32N4O. The molecule has 2 saturated heterocycles. The van der Waals surface area contributed by atoms with E-state index in [1.54, 1.807) is 0 Å². The number of likely N-dealkylation sites (tertiary alicyclic amines) is 1. The Balaban J connectivity index is 1.60. The number of rotatable bonds is 10. The number of pyridine rings is 1. The second kappa shape index (κ2) is 10.2. The second-order valence-corrected chi connectivity index (χ2v) is 7.52. The molecule has 3 rings (SSSR count). The number of nitrogens with zero attached hydrogens (tertiary/aromatic N) is 2. The van der Waals surface area contributed by atoms with E-state index in [9.17, 15) is 4.79 Å². The van der Waals surface area contributed by atoms with Crippen LogP contribution in [0, 0.1) is 0 Å². The highest BCUT2D eigenvalue weighted by atomic mass is 16.2. The minimum absolute atomic E-state index is 0.281. The SMILES string of the molecule is C=C/C(=C\C(=C/C)CCN1CCCC1=O)c1cncc(NCCC2CCN2)c1. The monoisotopic (exact) mass is 380 g/mol. The molecule has 0 aliphatic carbocycles. The summed E-state index contributed by atoms with van der Waals surface area (Å²) in [7, 11) is 0. The Bertz CT molecular complexity index is 749. The van der Waals surface area contributed by atoms with Gasteiger partial charge in [0.05, 0.1) is 5.69 Å². The van der Waals surface area contributed by atoms with Gasteiger partial charge in [-0.25, -0.2) is 0 Å². The van der Waals surface area contributed by atoms with E-state index in [0.717, 1.165) is 62.3 Å². The Morgan fingerprint density at radius 1 is 1.46 bits per heavy atom. The first-order valence-electron chi connectivity index (χ1n) is 10.4. The molecule has 5 nitrogen and oxygen atoms in total. The van der Waals surface area contributed by atoms with E-state index in [1.165, 1.54) is 12.0 Å². The zero-order valence-electron chi connectivity index (χ0n) is 16.9. The normalized spacial score (nSPS) is 20.2. The summed E-state index contributed by atoms with van der Waals surface area (Å²) in [5.74, 6) is 0.281. The molecule has 2 fully saturated rings. The van der Waals surface area contributed by atoms with Gasteiger partial charge in [0.1, 0.15) is 0 Å². The summed E-state index contributed by atoms with van der Waals surface area (Å²) >= 11 is 0. The summed E-state index contributed by atoms with van der Waals surface area (Å²) in [5, 5.41) is 6.90. The molecule has 0 aromatic carbocycles. The van der Waals surface area contributed by atoms with Gasteiger partial charge in [0.2, 0.25) is 5.91 Å². The van der Waals surface area contributed by atoms with E-state index in [1.807, 2.05) is 30.3 Å². The van der Waals surface area contributed by atoms with Gasteiger partial charge in [-0.2, -0.15) is 0 Å². The lowest BCUT2D eigenvalue weighted by molar-refractivity contribution is -0.127. The molecule has 2 aliphatic rings. The van der Waals surface area contributed by atoms with Gasteiger partial charge in [0.25, 0.3) is 0 Å². The zero-order valence-corrected chi connectivity index (χ0v) is 16.9. The number of allylic oxidation sites excluding steroid dienone is 4. The lowest BCUT2D eigenvalue weighted by Gasteiger charge is -2.27. The first-order valence-corrected chi connectivity index (χ1v) is 10.4. The molecule has 3 heterocycles. The fourth-order valence-electron chi connectivity index (χ4n) is 3.64. The number of aromatic nitrogens is 1. The molecule has 2 N–H and O–H groups in total. The smallest absolute Gasteiger partial charge is 0.222 e. The molecule has 28 heavy (non-hydrogen) atoms. The molecule has 1 atom stereocenters. The highest BCUT2D eigenvalue weighted by Gasteiger charge is 2.19. The average Bonchev–Trinajstić information content (AvgIpc) is 3.09. The van der Waals surface area contributed by atoms with Crippen molar-refractivity contribution in [2.45, 2.75) is 45.1 Å². The van der Waals surface area contributed by atoms with Gasteiger partial charge in [0, 0.05) is 50.1 Å². The van der Waals surface area contributed by atoms with Crippen molar-refractivity contribution in [2.24, 2.45) is 0 Å². The number of carbonyl (C=O) groups excluding carboxylic acids is 1. The minimum atomic E-state index is 0.281. The zero-order chi connectivity index (χ0) is 19.8. The number of carbonyl (C=O) groups is 1. The van der Waals surface area contributed by atoms with Gasteiger partial charge in [-0.15, -0.1) is 0 Å². The van der Waals surface area contributed by atoms with Crippen LogP contribution in [0.5, 0.6) is 0 Å². The van der Waals surface area contributed by atoms with Crippen molar-refractivity contribution in [2.75, 3.05) is 31.5 Å². The third-order valence-electron chi connectivity index (χ3n) is 5.59. The van der Waals surface area contributed by atoms with Crippen LogP contribution in [0.3, 0.4) is 0 Å². The molecule has 1 amide bonds. The van der Waals surface area contributed by atoms with Crippen molar-refractivity contribution in [1.82, 2.24) is 15.2 Å². The van der Waals surface area contributed by atoms with Crippen molar-refractivity contribution >= 4 is 17.2 Å². The predicted molar refractivity (Wildman–Crippen MR) is 116 cm³/mol. The molecule has 0 bridgehead atoms. The summed E-state index contributed by atoms with van der Waals surface area (Å²) in [6, 6.07) is 2.79. The first kappa shape index (κ1) is 20.3. The molecular weight excluding hydrogens is 348 g/mol. The summed E-state index contributed by atoms with van der Waals surface area (Å²) < 4.78 is 0. The lowest BCUT2D eigenvalue weighted by Crippen LogP contribution is -2.43. The maximum absolute atomic E-state index is 11.8. The maximum atomic E-state index is 11.8. The fraction of sp³-hybridized carbons (Fsp3) is 0.478. The Morgan fingerprint density at radius 2 is 2.32 bits per heavy atom. The van der Waals surface area contributed by atoms with Crippen LogP contribution in [0.4, 0.5) is 5.69 Å². The van der Waals surface area contributed by atoms with E-state index in [0.29, 0.717) is 12.5 Å². The van der Waals surface area contributed by atoms with E-state index in [-0.39, 0.29) is 5.91 Å². The summed E-state index contributed by atoms with van der Waals surface area (Å²) in [6.07, 6.45) is 14.9. The first-order chi connectivity index (χ1) is 13.7. The Labute approximate surface area is 168 Å². The second-order valence-electron chi connectivity index (χ2n) is 7.52. The number of anilines is 1. The number of amides is 1. The van der Waals surface area contributed by atoms with Crippen molar-refractivity contribution in [1.29, 1.82) is 0 Å².